The highest BCUT2D eigenvalue weighted by molar-refractivity contribution is 6.11. The molecule has 198 valence electrons. The number of hydrogen-bond acceptors (Lipinski definition) is 4. The van der Waals surface area contributed by atoms with Crippen LogP contribution in [-0.4, -0.2) is 9.55 Å². The maximum absolute atomic E-state index is 10.4. The summed E-state index contributed by atoms with van der Waals surface area (Å²) in [6, 6.07) is 44.5. The van der Waals surface area contributed by atoms with Crippen LogP contribution in [0, 0.1) is 34.0 Å². The normalized spacial score (nSPS) is 10.7. The van der Waals surface area contributed by atoms with Crippen LogP contribution in [0.3, 0.4) is 0 Å². The fraction of sp³-hybridized carbons (Fsp3) is 0. The van der Waals surface area contributed by atoms with Crippen molar-refractivity contribution in [2.45, 2.75) is 0 Å². The summed E-state index contributed by atoms with van der Waals surface area (Å²) < 4.78 is 2.21. The topological polar surface area (TPSA) is 89.2 Å². The van der Waals surface area contributed by atoms with Gasteiger partial charge in [0.2, 0.25) is 0 Å². The first kappa shape index (κ1) is 25.5. The summed E-state index contributed by atoms with van der Waals surface area (Å²) in [5, 5.41) is 31.8. The summed E-state index contributed by atoms with van der Waals surface area (Å²) in [7, 11) is 0. The summed E-state index contributed by atoms with van der Waals surface area (Å²) in [5.41, 5.74) is 9.68. The van der Waals surface area contributed by atoms with E-state index in [4.69, 9.17) is 0 Å². The van der Waals surface area contributed by atoms with Crippen LogP contribution in [0.25, 0.3) is 60.9 Å². The molecule has 0 saturated heterocycles. The molecule has 7 rings (SSSR count). The van der Waals surface area contributed by atoms with Gasteiger partial charge in [-0.15, -0.1) is 0 Å². The monoisotopic (exact) mass is 547 g/mol. The zero-order valence-electron chi connectivity index (χ0n) is 22.9. The highest BCUT2D eigenvalue weighted by atomic mass is 15.0. The molecular formula is C38H21N5. The van der Waals surface area contributed by atoms with Gasteiger partial charge in [0, 0.05) is 34.3 Å². The fourth-order valence-corrected chi connectivity index (χ4v) is 5.84. The molecule has 0 aliphatic heterocycles. The van der Waals surface area contributed by atoms with E-state index in [1.54, 1.807) is 24.5 Å². The number of hydrogen-bond donors (Lipinski definition) is 0. The van der Waals surface area contributed by atoms with Crippen molar-refractivity contribution >= 4 is 21.8 Å². The lowest BCUT2D eigenvalue weighted by atomic mass is 9.93. The first-order chi connectivity index (χ1) is 21.2. The standard InChI is InChI=1S/C38H21N5/c39-22-25-10-12-31(29(18-25)23-40)28-11-13-33-32-8-4-5-9-36(32)43(37(33)19-28)38-20-30(24-41)34(27-14-16-42-17-15-27)21-35(38)26-6-2-1-3-7-26/h1-21H. The van der Waals surface area contributed by atoms with E-state index < -0.39 is 0 Å². The Morgan fingerprint density at radius 1 is 0.488 bits per heavy atom. The molecule has 0 aliphatic rings. The minimum atomic E-state index is 0.444. The average Bonchev–Trinajstić information content (AvgIpc) is 3.41. The third-order valence-corrected chi connectivity index (χ3v) is 7.83. The molecule has 5 aromatic carbocycles. The lowest BCUT2D eigenvalue weighted by molar-refractivity contribution is 1.18. The number of pyridine rings is 1. The van der Waals surface area contributed by atoms with Crippen molar-refractivity contribution in [3.8, 4) is 57.3 Å². The number of benzene rings is 5. The van der Waals surface area contributed by atoms with Crippen LogP contribution in [0.4, 0.5) is 0 Å². The highest BCUT2D eigenvalue weighted by Gasteiger charge is 2.20. The van der Waals surface area contributed by atoms with Crippen molar-refractivity contribution in [1.29, 1.82) is 15.8 Å². The number of para-hydroxylation sites is 1. The van der Waals surface area contributed by atoms with Gasteiger partial charge in [0.05, 0.1) is 51.6 Å². The molecule has 0 amide bonds. The van der Waals surface area contributed by atoms with Crippen molar-refractivity contribution < 1.29 is 0 Å². The molecule has 0 unspecified atom stereocenters. The minimum Gasteiger partial charge on any atom is -0.309 e. The Balaban J connectivity index is 1.58. The Morgan fingerprint density at radius 3 is 1.95 bits per heavy atom. The summed E-state index contributed by atoms with van der Waals surface area (Å²) >= 11 is 0. The maximum atomic E-state index is 10.4. The Labute approximate surface area is 248 Å². The molecule has 0 fully saturated rings. The molecule has 43 heavy (non-hydrogen) atoms. The van der Waals surface area contributed by atoms with Gasteiger partial charge in [-0.25, -0.2) is 0 Å². The lowest BCUT2D eigenvalue weighted by Gasteiger charge is -2.18. The quantitative estimate of drug-likeness (QED) is 0.220. The average molecular weight is 548 g/mol. The third kappa shape index (κ3) is 4.28. The van der Waals surface area contributed by atoms with E-state index in [-0.39, 0.29) is 0 Å². The lowest BCUT2D eigenvalue weighted by Crippen LogP contribution is -2.00. The smallest absolute Gasteiger partial charge is 0.0998 e. The number of aromatic nitrogens is 2. The van der Waals surface area contributed by atoms with Crippen LogP contribution in [0.5, 0.6) is 0 Å². The van der Waals surface area contributed by atoms with Crippen LogP contribution in [-0.2, 0) is 0 Å². The Hall–Kier alpha value is -6.48. The van der Waals surface area contributed by atoms with Crippen LogP contribution in [0.1, 0.15) is 16.7 Å². The molecule has 2 aromatic heterocycles. The van der Waals surface area contributed by atoms with Gasteiger partial charge in [0.1, 0.15) is 0 Å². The van der Waals surface area contributed by atoms with E-state index in [1.807, 2.05) is 60.7 Å². The first-order valence-corrected chi connectivity index (χ1v) is 13.7. The maximum Gasteiger partial charge on any atom is 0.0998 e. The van der Waals surface area contributed by atoms with Crippen molar-refractivity contribution in [3.05, 3.63) is 144 Å². The van der Waals surface area contributed by atoms with E-state index in [2.05, 4.69) is 70.2 Å². The zero-order chi connectivity index (χ0) is 29.3. The summed E-state index contributed by atoms with van der Waals surface area (Å²) in [5.74, 6) is 0. The predicted molar refractivity (Wildman–Crippen MR) is 169 cm³/mol. The molecule has 0 atom stereocenters. The summed E-state index contributed by atoms with van der Waals surface area (Å²) in [6.07, 6.45) is 3.47. The van der Waals surface area contributed by atoms with Crippen molar-refractivity contribution in [2.24, 2.45) is 0 Å². The second-order valence-electron chi connectivity index (χ2n) is 10.2. The summed E-state index contributed by atoms with van der Waals surface area (Å²) in [4.78, 5) is 4.17. The van der Waals surface area contributed by atoms with Gasteiger partial charge in [-0.05, 0) is 70.8 Å². The molecular weight excluding hydrogens is 526 g/mol. The third-order valence-electron chi connectivity index (χ3n) is 7.83. The molecule has 0 saturated carbocycles. The van der Waals surface area contributed by atoms with Crippen LogP contribution in [0.15, 0.2) is 128 Å². The Morgan fingerprint density at radius 2 is 1.19 bits per heavy atom. The minimum absolute atomic E-state index is 0.444. The molecule has 5 nitrogen and oxygen atoms in total. The van der Waals surface area contributed by atoms with E-state index >= 15 is 0 Å². The van der Waals surface area contributed by atoms with Crippen LogP contribution >= 0.6 is 0 Å². The fourth-order valence-electron chi connectivity index (χ4n) is 5.84. The van der Waals surface area contributed by atoms with Gasteiger partial charge in [0.15, 0.2) is 0 Å². The molecule has 0 bridgehead atoms. The molecule has 0 spiro atoms. The first-order valence-electron chi connectivity index (χ1n) is 13.7. The van der Waals surface area contributed by atoms with E-state index in [0.717, 1.165) is 60.9 Å². The van der Waals surface area contributed by atoms with E-state index in [9.17, 15) is 15.8 Å². The molecule has 5 heteroatoms. The zero-order valence-corrected chi connectivity index (χ0v) is 22.9. The van der Waals surface area contributed by atoms with Gasteiger partial charge < -0.3 is 4.57 Å². The van der Waals surface area contributed by atoms with Gasteiger partial charge in [-0.2, -0.15) is 15.8 Å². The molecule has 7 aromatic rings. The second kappa shape index (κ2) is 10.5. The van der Waals surface area contributed by atoms with Crippen LogP contribution in [0.2, 0.25) is 0 Å². The van der Waals surface area contributed by atoms with Crippen molar-refractivity contribution in [1.82, 2.24) is 9.55 Å². The van der Waals surface area contributed by atoms with Crippen molar-refractivity contribution in [2.75, 3.05) is 0 Å². The molecule has 0 N–H and O–H groups in total. The predicted octanol–water partition coefficient (Wildman–Crippen LogP) is 8.79. The van der Waals surface area contributed by atoms with Gasteiger partial charge >= 0.3 is 0 Å². The Bertz CT molecular complexity index is 2310. The largest absolute Gasteiger partial charge is 0.309 e. The molecule has 2 heterocycles. The Kier molecular flexibility index (Phi) is 6.22. The molecule has 0 aliphatic carbocycles. The van der Waals surface area contributed by atoms with Gasteiger partial charge in [-0.1, -0.05) is 66.7 Å². The van der Waals surface area contributed by atoms with Gasteiger partial charge in [0.25, 0.3) is 0 Å². The highest BCUT2D eigenvalue weighted by Crippen LogP contribution is 2.40. The number of nitriles is 3. The van der Waals surface area contributed by atoms with Crippen LogP contribution < -0.4 is 0 Å². The molecule has 0 radical (unpaired) electrons. The van der Waals surface area contributed by atoms with Crippen molar-refractivity contribution in [3.63, 3.8) is 0 Å². The summed E-state index contributed by atoms with van der Waals surface area (Å²) in [6.45, 7) is 0. The van der Waals surface area contributed by atoms with E-state index in [1.165, 1.54) is 0 Å². The van der Waals surface area contributed by atoms with E-state index in [0.29, 0.717) is 16.7 Å². The SMILES string of the molecule is N#Cc1ccc(-c2ccc3c4ccccc4n(-c4cc(C#N)c(-c5ccncc5)cc4-c4ccccc4)c3c2)c(C#N)c1. The number of rotatable bonds is 4. The number of nitrogens with zero attached hydrogens (tertiary/aromatic N) is 5. The van der Waals surface area contributed by atoms with Gasteiger partial charge in [-0.3, -0.25) is 4.98 Å². The number of fused-ring (bicyclic) bond motifs is 3. The second-order valence-corrected chi connectivity index (χ2v) is 10.2.